The predicted molar refractivity (Wildman–Crippen MR) is 66.9 cm³/mol. The van der Waals surface area contributed by atoms with Gasteiger partial charge in [-0.25, -0.2) is 4.39 Å². The first-order valence-corrected chi connectivity index (χ1v) is 5.95. The molecule has 0 radical (unpaired) electrons. The minimum atomic E-state index is -0.370. The van der Waals surface area contributed by atoms with Crippen molar-refractivity contribution < 1.29 is 9.18 Å². The van der Waals surface area contributed by atoms with E-state index >= 15 is 0 Å². The Hall–Kier alpha value is -0.900. The summed E-state index contributed by atoms with van der Waals surface area (Å²) in [5.74, 6) is -0.161. The fourth-order valence-corrected chi connectivity index (χ4v) is 1.81. The molecule has 1 N–H and O–H groups in total. The smallest absolute Gasteiger partial charge is 0.224 e. The third kappa shape index (κ3) is 3.59. The summed E-state index contributed by atoms with van der Waals surface area (Å²) >= 11 is 3.10. The highest BCUT2D eigenvalue weighted by atomic mass is 79.9. The zero-order valence-electron chi connectivity index (χ0n) is 9.60. The van der Waals surface area contributed by atoms with Crippen LogP contribution in [-0.4, -0.2) is 5.91 Å². The van der Waals surface area contributed by atoms with E-state index in [1.54, 1.807) is 6.07 Å². The molecule has 0 spiro atoms. The largest absolute Gasteiger partial charge is 0.326 e. The van der Waals surface area contributed by atoms with Crippen LogP contribution in [0.15, 0.2) is 16.6 Å². The SMILES string of the molecule is Cc1cc(Br)c(F)cc1NC(=O)CC(C)C. The normalized spacial score (nSPS) is 10.6. The van der Waals surface area contributed by atoms with Crippen molar-refractivity contribution in [3.8, 4) is 0 Å². The number of benzene rings is 1. The third-order valence-electron chi connectivity index (χ3n) is 2.14. The maximum Gasteiger partial charge on any atom is 0.224 e. The highest BCUT2D eigenvalue weighted by molar-refractivity contribution is 9.10. The Labute approximate surface area is 103 Å². The fraction of sp³-hybridized carbons (Fsp3) is 0.417. The molecule has 0 unspecified atom stereocenters. The molecule has 1 aromatic rings. The Kier molecular flexibility index (Phi) is 4.47. The quantitative estimate of drug-likeness (QED) is 0.898. The summed E-state index contributed by atoms with van der Waals surface area (Å²) in [4.78, 5) is 11.5. The topological polar surface area (TPSA) is 29.1 Å². The van der Waals surface area contributed by atoms with Gasteiger partial charge in [0.05, 0.1) is 4.47 Å². The molecule has 0 aliphatic carbocycles. The zero-order valence-corrected chi connectivity index (χ0v) is 11.2. The van der Waals surface area contributed by atoms with Gasteiger partial charge in [-0.15, -0.1) is 0 Å². The van der Waals surface area contributed by atoms with Gasteiger partial charge in [0.25, 0.3) is 0 Å². The van der Waals surface area contributed by atoms with Gasteiger partial charge < -0.3 is 5.32 Å². The van der Waals surface area contributed by atoms with Crippen molar-refractivity contribution in [1.29, 1.82) is 0 Å². The van der Waals surface area contributed by atoms with Crippen molar-refractivity contribution in [2.45, 2.75) is 27.2 Å². The van der Waals surface area contributed by atoms with E-state index in [0.29, 0.717) is 22.5 Å². The van der Waals surface area contributed by atoms with Crippen LogP contribution in [0.3, 0.4) is 0 Å². The van der Waals surface area contributed by atoms with E-state index in [1.807, 2.05) is 20.8 Å². The highest BCUT2D eigenvalue weighted by Crippen LogP contribution is 2.24. The lowest BCUT2D eigenvalue weighted by Gasteiger charge is -2.10. The van der Waals surface area contributed by atoms with Crippen molar-refractivity contribution in [2.24, 2.45) is 5.92 Å². The van der Waals surface area contributed by atoms with E-state index in [-0.39, 0.29) is 11.7 Å². The first-order valence-electron chi connectivity index (χ1n) is 5.15. The van der Waals surface area contributed by atoms with Crippen molar-refractivity contribution in [3.63, 3.8) is 0 Å². The van der Waals surface area contributed by atoms with Gasteiger partial charge in [0.1, 0.15) is 5.82 Å². The van der Waals surface area contributed by atoms with Crippen LogP contribution >= 0.6 is 15.9 Å². The average Bonchev–Trinajstić information content (AvgIpc) is 2.12. The van der Waals surface area contributed by atoms with Gasteiger partial charge in [0.15, 0.2) is 0 Å². The van der Waals surface area contributed by atoms with Crippen LogP contribution < -0.4 is 5.32 Å². The van der Waals surface area contributed by atoms with Crippen molar-refractivity contribution >= 4 is 27.5 Å². The molecule has 0 saturated carbocycles. The molecule has 0 fully saturated rings. The van der Waals surface area contributed by atoms with Gasteiger partial charge in [-0.2, -0.15) is 0 Å². The molecule has 1 aromatic carbocycles. The Morgan fingerprint density at radius 2 is 2.12 bits per heavy atom. The van der Waals surface area contributed by atoms with Crippen LogP contribution in [0.1, 0.15) is 25.8 Å². The lowest BCUT2D eigenvalue weighted by Crippen LogP contribution is -2.14. The molecule has 1 rings (SSSR count). The summed E-state index contributed by atoms with van der Waals surface area (Å²) in [7, 11) is 0. The standard InChI is InChI=1S/C12H15BrFNO/c1-7(2)4-12(16)15-11-6-10(14)9(13)5-8(11)3/h5-7H,4H2,1-3H3,(H,15,16). The van der Waals surface area contributed by atoms with E-state index in [9.17, 15) is 9.18 Å². The van der Waals surface area contributed by atoms with Gasteiger partial charge in [-0.3, -0.25) is 4.79 Å². The molecule has 0 aromatic heterocycles. The molecule has 88 valence electrons. The van der Waals surface area contributed by atoms with Crippen molar-refractivity contribution in [2.75, 3.05) is 5.32 Å². The first kappa shape index (κ1) is 13.2. The number of rotatable bonds is 3. The Morgan fingerprint density at radius 1 is 1.50 bits per heavy atom. The van der Waals surface area contributed by atoms with Crippen LogP contribution in [0, 0.1) is 18.7 Å². The van der Waals surface area contributed by atoms with Gasteiger partial charge in [0.2, 0.25) is 5.91 Å². The minimum Gasteiger partial charge on any atom is -0.326 e. The lowest BCUT2D eigenvalue weighted by atomic mass is 10.1. The van der Waals surface area contributed by atoms with E-state index in [2.05, 4.69) is 21.2 Å². The second-order valence-electron chi connectivity index (χ2n) is 4.23. The number of amides is 1. The molecule has 0 bridgehead atoms. The summed E-state index contributed by atoms with van der Waals surface area (Å²) in [6.45, 7) is 5.76. The number of carbonyl (C=O) groups is 1. The van der Waals surface area contributed by atoms with Crippen LogP contribution in [0.5, 0.6) is 0 Å². The predicted octanol–water partition coefficient (Wildman–Crippen LogP) is 3.88. The third-order valence-corrected chi connectivity index (χ3v) is 2.74. The Bertz CT molecular complexity index is 404. The van der Waals surface area contributed by atoms with Crippen LogP contribution in [0.2, 0.25) is 0 Å². The Morgan fingerprint density at radius 3 is 2.69 bits per heavy atom. The molecule has 2 nitrogen and oxygen atoms in total. The summed E-state index contributed by atoms with van der Waals surface area (Å²) in [6.07, 6.45) is 0.442. The summed E-state index contributed by atoms with van der Waals surface area (Å²) in [5, 5.41) is 2.71. The molecule has 16 heavy (non-hydrogen) atoms. The molecular formula is C12H15BrFNO. The second-order valence-corrected chi connectivity index (χ2v) is 5.08. The van der Waals surface area contributed by atoms with Gasteiger partial charge in [-0.1, -0.05) is 13.8 Å². The second kappa shape index (κ2) is 5.43. The van der Waals surface area contributed by atoms with Gasteiger partial charge >= 0.3 is 0 Å². The number of carbonyl (C=O) groups excluding carboxylic acids is 1. The molecular weight excluding hydrogens is 273 g/mol. The van der Waals surface area contributed by atoms with Crippen LogP contribution in [-0.2, 0) is 4.79 Å². The molecule has 0 aliphatic rings. The first-order chi connectivity index (χ1) is 7.40. The number of hydrogen-bond donors (Lipinski definition) is 1. The maximum absolute atomic E-state index is 13.3. The van der Waals surface area contributed by atoms with E-state index in [0.717, 1.165) is 5.56 Å². The van der Waals surface area contributed by atoms with Crippen molar-refractivity contribution in [3.05, 3.63) is 28.0 Å². The summed E-state index contributed by atoms with van der Waals surface area (Å²) in [5.41, 5.74) is 1.37. The van der Waals surface area contributed by atoms with Crippen LogP contribution in [0.4, 0.5) is 10.1 Å². The fourth-order valence-electron chi connectivity index (χ4n) is 1.35. The highest BCUT2D eigenvalue weighted by Gasteiger charge is 2.09. The molecule has 0 atom stereocenters. The molecule has 4 heteroatoms. The molecule has 0 heterocycles. The number of nitrogens with one attached hydrogen (secondary N) is 1. The number of aryl methyl sites for hydroxylation is 1. The molecule has 0 aliphatic heterocycles. The molecule has 1 amide bonds. The summed E-state index contributed by atoms with van der Waals surface area (Å²) < 4.78 is 13.7. The number of hydrogen-bond acceptors (Lipinski definition) is 1. The number of anilines is 1. The Balaban J connectivity index is 2.81. The van der Waals surface area contributed by atoms with E-state index < -0.39 is 0 Å². The summed E-state index contributed by atoms with van der Waals surface area (Å²) in [6, 6.07) is 2.98. The molecule has 0 saturated heterocycles. The van der Waals surface area contributed by atoms with Crippen molar-refractivity contribution in [1.82, 2.24) is 0 Å². The van der Waals surface area contributed by atoms with E-state index in [4.69, 9.17) is 0 Å². The van der Waals surface area contributed by atoms with E-state index in [1.165, 1.54) is 6.07 Å². The van der Waals surface area contributed by atoms with Gasteiger partial charge in [-0.05, 0) is 46.5 Å². The average molecular weight is 288 g/mol. The van der Waals surface area contributed by atoms with Crippen LogP contribution in [0.25, 0.3) is 0 Å². The minimum absolute atomic E-state index is 0.0835. The zero-order chi connectivity index (χ0) is 12.3. The monoisotopic (exact) mass is 287 g/mol. The van der Waals surface area contributed by atoms with Gasteiger partial charge in [0, 0.05) is 12.1 Å². The maximum atomic E-state index is 13.3. The lowest BCUT2D eigenvalue weighted by molar-refractivity contribution is -0.116. The number of halogens is 2.